The van der Waals surface area contributed by atoms with E-state index in [1.807, 2.05) is 37.3 Å². The number of sulfonamides is 1. The summed E-state index contributed by atoms with van der Waals surface area (Å²) in [5.74, 6) is 0. The molecular formula is C24H29N3O5S. The van der Waals surface area contributed by atoms with Crippen LogP contribution >= 0.6 is 0 Å². The average molecular weight is 472 g/mol. The third kappa shape index (κ3) is 6.13. The molecule has 2 aromatic carbocycles. The number of urea groups is 1. The van der Waals surface area contributed by atoms with Crippen molar-refractivity contribution in [2.45, 2.75) is 18.7 Å². The van der Waals surface area contributed by atoms with Crippen molar-refractivity contribution >= 4 is 28.2 Å². The number of piperazine rings is 1. The van der Waals surface area contributed by atoms with E-state index in [0.29, 0.717) is 0 Å². The minimum absolute atomic E-state index is 0.0553. The maximum Gasteiger partial charge on any atom is 0.409 e. The summed E-state index contributed by atoms with van der Waals surface area (Å²) >= 11 is 0. The maximum atomic E-state index is 13.4. The fraction of sp³-hybridized carbons (Fsp3) is 0.333. The largest absolute Gasteiger partial charge is 0.450 e. The highest BCUT2D eigenvalue weighted by Gasteiger charge is 2.34. The molecule has 1 aliphatic heterocycles. The van der Waals surface area contributed by atoms with Crippen LogP contribution in [0.3, 0.4) is 0 Å². The topological polar surface area (TPSA) is 87.2 Å². The smallest absolute Gasteiger partial charge is 0.409 e. The van der Waals surface area contributed by atoms with Crippen LogP contribution in [0.25, 0.3) is 6.08 Å². The zero-order chi connectivity index (χ0) is 23.8. The molecule has 0 bridgehead atoms. The van der Waals surface area contributed by atoms with E-state index >= 15 is 0 Å². The van der Waals surface area contributed by atoms with E-state index in [9.17, 15) is 18.0 Å². The SMILES string of the molecule is CCOC(=O)N1CCN(C(=O)N(C/C=C/c2ccccc2)S(=O)(=O)c2ccc(C)cc2)CC1. The predicted molar refractivity (Wildman–Crippen MR) is 126 cm³/mol. The van der Waals surface area contributed by atoms with Gasteiger partial charge in [-0.05, 0) is 31.5 Å². The van der Waals surface area contributed by atoms with Gasteiger partial charge >= 0.3 is 12.1 Å². The summed E-state index contributed by atoms with van der Waals surface area (Å²) in [7, 11) is -4.07. The molecular weight excluding hydrogens is 442 g/mol. The summed E-state index contributed by atoms with van der Waals surface area (Å²) in [5, 5.41) is 0. The van der Waals surface area contributed by atoms with E-state index < -0.39 is 22.1 Å². The lowest BCUT2D eigenvalue weighted by atomic mass is 10.2. The standard InChI is InChI=1S/C24H29N3O5S/c1-3-32-24(29)26-18-16-25(17-19-26)23(28)27(15-7-10-21-8-5-4-6-9-21)33(30,31)22-13-11-20(2)12-14-22/h4-14H,3,15-19H2,1-2H3/b10-7+. The van der Waals surface area contributed by atoms with Crippen LogP contribution in [-0.4, -0.2) is 74.0 Å². The third-order valence-electron chi connectivity index (χ3n) is 5.28. The number of benzene rings is 2. The van der Waals surface area contributed by atoms with Gasteiger partial charge in [0.1, 0.15) is 0 Å². The first-order valence-electron chi connectivity index (χ1n) is 10.8. The second-order valence-electron chi connectivity index (χ2n) is 7.62. The molecule has 0 aromatic heterocycles. The van der Waals surface area contributed by atoms with Crippen LogP contribution in [0.5, 0.6) is 0 Å². The van der Waals surface area contributed by atoms with Gasteiger partial charge < -0.3 is 14.5 Å². The minimum atomic E-state index is -4.07. The molecule has 1 saturated heterocycles. The second kappa shape index (κ2) is 11.0. The molecule has 2 aromatic rings. The molecule has 1 aliphatic rings. The van der Waals surface area contributed by atoms with E-state index in [0.717, 1.165) is 15.4 Å². The number of hydrogen-bond acceptors (Lipinski definition) is 5. The van der Waals surface area contributed by atoms with Crippen LogP contribution in [0.1, 0.15) is 18.1 Å². The number of carbonyl (C=O) groups excluding carboxylic acids is 2. The lowest BCUT2D eigenvalue weighted by Crippen LogP contribution is -2.55. The molecule has 3 rings (SSSR count). The molecule has 9 heteroatoms. The average Bonchev–Trinajstić information content (AvgIpc) is 2.82. The summed E-state index contributed by atoms with van der Waals surface area (Å²) < 4.78 is 32.7. The highest BCUT2D eigenvalue weighted by Crippen LogP contribution is 2.19. The predicted octanol–water partition coefficient (Wildman–Crippen LogP) is 3.59. The van der Waals surface area contributed by atoms with Crippen LogP contribution in [0.15, 0.2) is 65.6 Å². The minimum Gasteiger partial charge on any atom is -0.450 e. The van der Waals surface area contributed by atoms with Crippen LogP contribution in [0, 0.1) is 6.92 Å². The molecule has 0 saturated carbocycles. The summed E-state index contributed by atoms with van der Waals surface area (Å²) in [6.45, 7) is 4.77. The van der Waals surface area contributed by atoms with Crippen LogP contribution < -0.4 is 0 Å². The van der Waals surface area contributed by atoms with Gasteiger partial charge in [-0.1, -0.05) is 60.2 Å². The molecule has 1 fully saturated rings. The summed E-state index contributed by atoms with van der Waals surface area (Å²) in [4.78, 5) is 28.3. The molecule has 0 atom stereocenters. The van der Waals surface area contributed by atoms with Gasteiger partial charge in [0.05, 0.1) is 18.0 Å². The van der Waals surface area contributed by atoms with Gasteiger partial charge in [0.2, 0.25) is 0 Å². The molecule has 0 N–H and O–H groups in total. The van der Waals surface area contributed by atoms with Crippen molar-refractivity contribution in [2.24, 2.45) is 0 Å². The van der Waals surface area contributed by atoms with E-state index in [1.54, 1.807) is 31.2 Å². The van der Waals surface area contributed by atoms with E-state index in [-0.39, 0.29) is 44.2 Å². The third-order valence-corrected chi connectivity index (χ3v) is 7.03. The Hall–Kier alpha value is -3.33. The van der Waals surface area contributed by atoms with Crippen molar-refractivity contribution in [3.8, 4) is 0 Å². The number of rotatable bonds is 6. The molecule has 0 spiro atoms. The van der Waals surface area contributed by atoms with Gasteiger partial charge in [-0.3, -0.25) is 0 Å². The quantitative estimate of drug-likeness (QED) is 0.643. The Morgan fingerprint density at radius 2 is 1.58 bits per heavy atom. The second-order valence-corrected chi connectivity index (χ2v) is 9.48. The van der Waals surface area contributed by atoms with Gasteiger partial charge in [-0.25, -0.2) is 22.3 Å². The monoisotopic (exact) mass is 471 g/mol. The van der Waals surface area contributed by atoms with E-state index in [1.165, 1.54) is 21.9 Å². The Bertz CT molecular complexity index is 1080. The zero-order valence-electron chi connectivity index (χ0n) is 18.9. The summed E-state index contributed by atoms with van der Waals surface area (Å²) in [6.07, 6.45) is 3.01. The first-order chi connectivity index (χ1) is 15.8. The highest BCUT2D eigenvalue weighted by atomic mass is 32.2. The lowest BCUT2D eigenvalue weighted by molar-refractivity contribution is 0.0828. The van der Waals surface area contributed by atoms with Gasteiger partial charge in [0.25, 0.3) is 10.0 Å². The number of carbonyl (C=O) groups is 2. The number of nitrogens with zero attached hydrogens (tertiary/aromatic N) is 3. The molecule has 176 valence electrons. The van der Waals surface area contributed by atoms with E-state index in [2.05, 4.69) is 0 Å². The summed E-state index contributed by atoms with van der Waals surface area (Å²) in [5.41, 5.74) is 1.83. The molecule has 0 aliphatic carbocycles. The molecule has 3 amide bonds. The van der Waals surface area contributed by atoms with Crippen molar-refractivity contribution in [1.82, 2.24) is 14.1 Å². The Morgan fingerprint density at radius 3 is 2.18 bits per heavy atom. The van der Waals surface area contributed by atoms with Gasteiger partial charge in [0.15, 0.2) is 0 Å². The van der Waals surface area contributed by atoms with Gasteiger partial charge in [0, 0.05) is 26.2 Å². The Morgan fingerprint density at radius 1 is 0.970 bits per heavy atom. The lowest BCUT2D eigenvalue weighted by Gasteiger charge is -2.36. The van der Waals surface area contributed by atoms with Crippen molar-refractivity contribution in [3.63, 3.8) is 0 Å². The Kier molecular flexibility index (Phi) is 8.11. The van der Waals surface area contributed by atoms with Crippen molar-refractivity contribution in [2.75, 3.05) is 39.3 Å². The fourth-order valence-corrected chi connectivity index (χ4v) is 4.76. The Balaban J connectivity index is 1.80. The van der Waals surface area contributed by atoms with Crippen LogP contribution in [-0.2, 0) is 14.8 Å². The number of amides is 3. The molecule has 0 unspecified atom stereocenters. The molecule has 33 heavy (non-hydrogen) atoms. The van der Waals surface area contributed by atoms with Gasteiger partial charge in [-0.15, -0.1) is 0 Å². The fourth-order valence-electron chi connectivity index (χ4n) is 3.42. The first kappa shape index (κ1) is 24.3. The first-order valence-corrected chi connectivity index (χ1v) is 12.3. The van der Waals surface area contributed by atoms with Crippen molar-refractivity contribution in [3.05, 3.63) is 71.8 Å². The van der Waals surface area contributed by atoms with Gasteiger partial charge in [-0.2, -0.15) is 0 Å². The maximum absolute atomic E-state index is 13.4. The van der Waals surface area contributed by atoms with E-state index in [4.69, 9.17) is 4.74 Å². The van der Waals surface area contributed by atoms with Crippen molar-refractivity contribution < 1.29 is 22.7 Å². The number of ether oxygens (including phenoxy) is 1. The number of aryl methyl sites for hydroxylation is 1. The molecule has 1 heterocycles. The number of hydrogen-bond donors (Lipinski definition) is 0. The normalized spacial score (nSPS) is 14.4. The summed E-state index contributed by atoms with van der Waals surface area (Å²) in [6, 6.07) is 15.2. The highest BCUT2D eigenvalue weighted by molar-refractivity contribution is 7.89. The zero-order valence-corrected chi connectivity index (χ0v) is 19.7. The van der Waals surface area contributed by atoms with Crippen LogP contribution in [0.4, 0.5) is 9.59 Å². The van der Waals surface area contributed by atoms with Crippen molar-refractivity contribution in [1.29, 1.82) is 0 Å². The molecule has 0 radical (unpaired) electrons. The van der Waals surface area contributed by atoms with Crippen LogP contribution in [0.2, 0.25) is 0 Å². The molecule has 8 nitrogen and oxygen atoms in total. The Labute approximate surface area is 195 Å².